The van der Waals surface area contributed by atoms with Gasteiger partial charge in [0.05, 0.1) is 41.0 Å². The third kappa shape index (κ3) is 8.24. The molecule has 1 heterocycles. The molecule has 4 aromatic rings. The first-order valence-corrected chi connectivity index (χ1v) is 17.7. The molecule has 50 heavy (non-hydrogen) atoms. The van der Waals surface area contributed by atoms with Gasteiger partial charge in [-0.2, -0.15) is 10.5 Å². The van der Waals surface area contributed by atoms with Crippen molar-refractivity contribution in [2.75, 3.05) is 33.3 Å². The van der Waals surface area contributed by atoms with Crippen LogP contribution in [0.15, 0.2) is 66.7 Å². The van der Waals surface area contributed by atoms with Crippen LogP contribution in [0.4, 0.5) is 0 Å². The molecule has 1 atom stereocenters. The fourth-order valence-electron chi connectivity index (χ4n) is 7.01. The van der Waals surface area contributed by atoms with E-state index in [9.17, 15) is 15.6 Å². The van der Waals surface area contributed by atoms with Gasteiger partial charge in [0, 0.05) is 37.8 Å². The Balaban J connectivity index is 1.17. The van der Waals surface area contributed by atoms with Crippen LogP contribution in [0.3, 0.4) is 0 Å². The minimum Gasteiger partial charge on any atom is -0.493 e. The number of hydrogen-bond acceptors (Lipinski definition) is 8. The van der Waals surface area contributed by atoms with Crippen LogP contribution in [0.2, 0.25) is 5.02 Å². The second-order valence-electron chi connectivity index (χ2n) is 13.1. The predicted molar refractivity (Wildman–Crippen MR) is 195 cm³/mol. The fourth-order valence-corrected chi connectivity index (χ4v) is 7.25. The molecule has 0 bridgehead atoms. The molecule has 0 radical (unpaired) electrons. The van der Waals surface area contributed by atoms with Gasteiger partial charge in [0.25, 0.3) is 0 Å². The van der Waals surface area contributed by atoms with Gasteiger partial charge in [0.15, 0.2) is 0 Å². The Morgan fingerprint density at radius 1 is 0.900 bits per heavy atom. The molecule has 1 fully saturated rings. The van der Waals surface area contributed by atoms with E-state index in [-0.39, 0.29) is 18.8 Å². The first-order chi connectivity index (χ1) is 24.4. The van der Waals surface area contributed by atoms with Crippen molar-refractivity contribution < 1.29 is 19.3 Å². The van der Waals surface area contributed by atoms with Crippen LogP contribution in [-0.2, 0) is 19.6 Å². The number of rotatable bonds is 13. The standard InChI is InChI=1S/C41H43ClN4O4/c1-27-33(6-4-9-38(27)48-17-5-14-46-15-12-32(47)13-16-46)34-7-3-8-36-35(34)10-11-39(36)50-41-22-40(31(25-45-2)21-37(41)42)49-26-30-19-28(23-43)18-29(20-30)24-44/h3-4,6-9,18-22,32,39,45,47H,5,10-17,25-26H2,1-2H3/t39-/m0/s1. The first-order valence-electron chi connectivity index (χ1n) is 17.3. The van der Waals surface area contributed by atoms with Crippen molar-refractivity contribution >= 4 is 11.6 Å². The average Bonchev–Trinajstić information content (AvgIpc) is 3.54. The number of halogens is 1. The van der Waals surface area contributed by atoms with Gasteiger partial charge >= 0.3 is 0 Å². The highest BCUT2D eigenvalue weighted by molar-refractivity contribution is 6.32. The van der Waals surface area contributed by atoms with Gasteiger partial charge in [-0.15, -0.1) is 0 Å². The first kappa shape index (κ1) is 35.3. The Morgan fingerprint density at radius 3 is 2.38 bits per heavy atom. The molecule has 1 aliphatic heterocycles. The van der Waals surface area contributed by atoms with Gasteiger partial charge in [-0.1, -0.05) is 41.9 Å². The third-order valence-corrected chi connectivity index (χ3v) is 9.92. The molecule has 1 saturated heterocycles. The maximum absolute atomic E-state index is 9.78. The fraction of sp³-hybridized carbons (Fsp3) is 0.366. The zero-order chi connectivity index (χ0) is 35.0. The largest absolute Gasteiger partial charge is 0.493 e. The molecular formula is C41H43ClN4O4. The summed E-state index contributed by atoms with van der Waals surface area (Å²) < 4.78 is 19.2. The highest BCUT2D eigenvalue weighted by atomic mass is 35.5. The van der Waals surface area contributed by atoms with Crippen LogP contribution in [0.25, 0.3) is 11.1 Å². The van der Waals surface area contributed by atoms with E-state index in [0.29, 0.717) is 40.8 Å². The summed E-state index contributed by atoms with van der Waals surface area (Å²) in [5, 5.41) is 32.2. The van der Waals surface area contributed by atoms with E-state index in [4.69, 9.17) is 25.8 Å². The molecule has 2 N–H and O–H groups in total. The number of fused-ring (bicyclic) bond motifs is 1. The minimum absolute atomic E-state index is 0.151. The highest BCUT2D eigenvalue weighted by Crippen LogP contribution is 2.44. The topological polar surface area (TPSA) is 111 Å². The van der Waals surface area contributed by atoms with Crippen LogP contribution >= 0.6 is 11.6 Å². The lowest BCUT2D eigenvalue weighted by atomic mass is 9.93. The van der Waals surface area contributed by atoms with E-state index in [2.05, 4.69) is 59.6 Å². The van der Waals surface area contributed by atoms with Gasteiger partial charge in [-0.25, -0.2) is 0 Å². The van der Waals surface area contributed by atoms with Crippen molar-refractivity contribution in [2.24, 2.45) is 0 Å². The molecule has 0 saturated carbocycles. The zero-order valence-electron chi connectivity index (χ0n) is 28.7. The monoisotopic (exact) mass is 690 g/mol. The summed E-state index contributed by atoms with van der Waals surface area (Å²) in [4.78, 5) is 2.41. The number of nitrogens with one attached hydrogen (secondary N) is 1. The van der Waals surface area contributed by atoms with Gasteiger partial charge in [-0.05, 0) is 110 Å². The Labute approximate surface area is 299 Å². The summed E-state index contributed by atoms with van der Waals surface area (Å²) in [6.45, 7) is 6.39. The van der Waals surface area contributed by atoms with Crippen LogP contribution in [-0.4, -0.2) is 49.4 Å². The molecule has 0 amide bonds. The number of aliphatic hydroxyl groups is 1. The molecular weight excluding hydrogens is 648 g/mol. The quantitative estimate of drug-likeness (QED) is 0.138. The summed E-state index contributed by atoms with van der Waals surface area (Å²) in [5.41, 5.74) is 8.34. The summed E-state index contributed by atoms with van der Waals surface area (Å²) >= 11 is 6.80. The third-order valence-electron chi connectivity index (χ3n) is 9.62. The van der Waals surface area contributed by atoms with E-state index in [1.807, 2.05) is 25.2 Å². The zero-order valence-corrected chi connectivity index (χ0v) is 29.4. The number of aliphatic hydroxyl groups excluding tert-OH is 1. The normalized spacial score (nSPS) is 16.0. The summed E-state index contributed by atoms with van der Waals surface area (Å²) in [7, 11) is 1.86. The maximum atomic E-state index is 9.78. The van der Waals surface area contributed by atoms with Gasteiger partial charge < -0.3 is 29.5 Å². The molecule has 0 spiro atoms. The number of nitriles is 2. The lowest BCUT2D eigenvalue weighted by Crippen LogP contribution is -2.36. The molecule has 4 aromatic carbocycles. The molecule has 9 heteroatoms. The number of ether oxygens (including phenoxy) is 3. The van der Waals surface area contributed by atoms with E-state index in [1.54, 1.807) is 18.2 Å². The Bertz CT molecular complexity index is 1880. The molecule has 2 aliphatic rings. The summed E-state index contributed by atoms with van der Waals surface area (Å²) in [6, 6.07) is 25.6. The Hall–Kier alpha value is -4.57. The van der Waals surface area contributed by atoms with E-state index in [0.717, 1.165) is 85.3 Å². The Morgan fingerprint density at radius 2 is 1.64 bits per heavy atom. The smallest absolute Gasteiger partial charge is 0.142 e. The lowest BCUT2D eigenvalue weighted by molar-refractivity contribution is 0.0800. The van der Waals surface area contributed by atoms with Crippen molar-refractivity contribution in [3.05, 3.63) is 111 Å². The second-order valence-corrected chi connectivity index (χ2v) is 13.5. The van der Waals surface area contributed by atoms with Crippen molar-refractivity contribution in [3.8, 4) is 40.5 Å². The summed E-state index contributed by atoms with van der Waals surface area (Å²) in [5.74, 6) is 2.07. The van der Waals surface area contributed by atoms with Gasteiger partial charge in [-0.3, -0.25) is 0 Å². The van der Waals surface area contributed by atoms with E-state index < -0.39 is 0 Å². The SMILES string of the molecule is CNCc1cc(Cl)c(O[C@H]2CCc3c(-c4cccc(OCCCN5CCC(O)CC5)c4C)cccc32)cc1OCc1cc(C#N)cc(C#N)c1. The molecule has 1 aliphatic carbocycles. The number of nitrogens with zero attached hydrogens (tertiary/aromatic N) is 3. The molecule has 258 valence electrons. The van der Waals surface area contributed by atoms with Crippen LogP contribution in [0.5, 0.6) is 17.2 Å². The molecule has 8 nitrogen and oxygen atoms in total. The van der Waals surface area contributed by atoms with Crippen molar-refractivity contribution in [1.29, 1.82) is 10.5 Å². The van der Waals surface area contributed by atoms with Crippen LogP contribution < -0.4 is 19.5 Å². The maximum Gasteiger partial charge on any atom is 0.142 e. The highest BCUT2D eigenvalue weighted by Gasteiger charge is 2.28. The number of likely N-dealkylation sites (tertiary alicyclic amines) is 1. The van der Waals surface area contributed by atoms with E-state index >= 15 is 0 Å². The lowest BCUT2D eigenvalue weighted by Gasteiger charge is -2.29. The van der Waals surface area contributed by atoms with Gasteiger partial charge in [0.2, 0.25) is 0 Å². The molecule has 0 aromatic heterocycles. The minimum atomic E-state index is -0.174. The van der Waals surface area contributed by atoms with Crippen LogP contribution in [0, 0.1) is 29.6 Å². The van der Waals surface area contributed by atoms with Crippen LogP contribution in [0.1, 0.15) is 70.7 Å². The number of hydrogen-bond donors (Lipinski definition) is 2. The summed E-state index contributed by atoms with van der Waals surface area (Å²) in [6.07, 6.45) is 4.02. The molecule has 0 unspecified atom stereocenters. The van der Waals surface area contributed by atoms with E-state index in [1.165, 1.54) is 11.1 Å². The average molecular weight is 691 g/mol. The second kappa shape index (κ2) is 16.4. The van der Waals surface area contributed by atoms with Crippen molar-refractivity contribution in [2.45, 2.75) is 64.4 Å². The Kier molecular flexibility index (Phi) is 11.6. The van der Waals surface area contributed by atoms with Crippen molar-refractivity contribution in [1.82, 2.24) is 10.2 Å². The van der Waals surface area contributed by atoms with Gasteiger partial charge in [0.1, 0.15) is 30.0 Å². The number of piperidine rings is 1. The predicted octanol–water partition coefficient (Wildman–Crippen LogP) is 7.65. The molecule has 6 rings (SSSR count). The number of benzene rings is 4. The van der Waals surface area contributed by atoms with Crippen molar-refractivity contribution in [3.63, 3.8) is 0 Å².